The summed E-state index contributed by atoms with van der Waals surface area (Å²) in [4.78, 5) is 16.1. The summed E-state index contributed by atoms with van der Waals surface area (Å²) in [5.41, 5.74) is 0.567. The van der Waals surface area contributed by atoms with Crippen LogP contribution in [0.3, 0.4) is 0 Å². The minimum atomic E-state index is -0.579. The molecule has 0 aliphatic rings. The summed E-state index contributed by atoms with van der Waals surface area (Å²) >= 11 is 0. The predicted octanol–water partition coefficient (Wildman–Crippen LogP) is 2.47. The van der Waals surface area contributed by atoms with Crippen LogP contribution in [0.25, 0.3) is 0 Å². The van der Waals surface area contributed by atoms with Gasteiger partial charge in [0.05, 0.1) is 20.4 Å². The van der Waals surface area contributed by atoms with Crippen LogP contribution >= 0.6 is 0 Å². The lowest BCUT2D eigenvalue weighted by molar-refractivity contribution is 0.103. The number of ether oxygens (including phenoxy) is 2. The molecule has 0 radical (unpaired) electrons. The zero-order valence-corrected chi connectivity index (χ0v) is 10.5. The molecule has 1 heterocycles. The van der Waals surface area contributed by atoms with Crippen LogP contribution in [0.4, 0.5) is 4.39 Å². The second-order valence-corrected chi connectivity index (χ2v) is 3.79. The standard InChI is InChI=1S/C14H12FNO3/c1-18-11-5-10(7-16-8-11)14(17)9-3-4-13(19-2)12(15)6-9/h3-8H,1-2H3. The van der Waals surface area contributed by atoms with Gasteiger partial charge in [-0.2, -0.15) is 0 Å². The summed E-state index contributed by atoms with van der Waals surface area (Å²) < 4.78 is 23.4. The van der Waals surface area contributed by atoms with Gasteiger partial charge in [0.2, 0.25) is 0 Å². The Morgan fingerprint density at radius 3 is 2.53 bits per heavy atom. The van der Waals surface area contributed by atoms with Gasteiger partial charge in [-0.05, 0) is 24.3 Å². The fourth-order valence-electron chi connectivity index (χ4n) is 1.63. The van der Waals surface area contributed by atoms with Gasteiger partial charge in [-0.3, -0.25) is 9.78 Å². The van der Waals surface area contributed by atoms with E-state index in [0.717, 1.165) is 6.07 Å². The van der Waals surface area contributed by atoms with E-state index >= 15 is 0 Å². The Morgan fingerprint density at radius 2 is 1.89 bits per heavy atom. The van der Waals surface area contributed by atoms with Gasteiger partial charge in [-0.25, -0.2) is 4.39 Å². The molecule has 2 aromatic rings. The van der Waals surface area contributed by atoms with Crippen molar-refractivity contribution in [3.05, 3.63) is 53.6 Å². The Balaban J connectivity index is 2.35. The van der Waals surface area contributed by atoms with E-state index in [-0.39, 0.29) is 17.1 Å². The number of pyridine rings is 1. The zero-order valence-electron chi connectivity index (χ0n) is 10.5. The Morgan fingerprint density at radius 1 is 1.11 bits per heavy atom. The number of carbonyl (C=O) groups excluding carboxylic acids is 1. The number of carbonyl (C=O) groups is 1. The third kappa shape index (κ3) is 2.70. The Kier molecular flexibility index (Phi) is 3.75. The summed E-state index contributed by atoms with van der Waals surface area (Å²) in [6.07, 6.45) is 2.90. The maximum atomic E-state index is 13.6. The van der Waals surface area contributed by atoms with Gasteiger partial charge in [-0.15, -0.1) is 0 Å². The van der Waals surface area contributed by atoms with Crippen molar-refractivity contribution in [1.29, 1.82) is 0 Å². The smallest absolute Gasteiger partial charge is 0.194 e. The molecule has 0 spiro atoms. The topological polar surface area (TPSA) is 48.4 Å². The molecule has 0 N–H and O–H groups in total. The lowest BCUT2D eigenvalue weighted by Gasteiger charge is -2.05. The molecule has 0 atom stereocenters. The van der Waals surface area contributed by atoms with Crippen LogP contribution in [0, 0.1) is 5.82 Å². The van der Waals surface area contributed by atoms with Gasteiger partial charge in [-0.1, -0.05) is 0 Å². The first-order valence-electron chi connectivity index (χ1n) is 5.53. The molecule has 0 saturated carbocycles. The normalized spacial score (nSPS) is 10.1. The molecular weight excluding hydrogens is 249 g/mol. The van der Waals surface area contributed by atoms with Crippen molar-refractivity contribution in [3.8, 4) is 11.5 Å². The van der Waals surface area contributed by atoms with Crippen LogP contribution < -0.4 is 9.47 Å². The number of hydrogen-bond acceptors (Lipinski definition) is 4. The summed E-state index contributed by atoms with van der Waals surface area (Å²) in [6.45, 7) is 0. The molecule has 19 heavy (non-hydrogen) atoms. The van der Waals surface area contributed by atoms with Crippen LogP contribution in [-0.4, -0.2) is 25.0 Å². The van der Waals surface area contributed by atoms with Crippen molar-refractivity contribution >= 4 is 5.78 Å². The average molecular weight is 261 g/mol. The average Bonchev–Trinajstić information content (AvgIpc) is 2.46. The zero-order chi connectivity index (χ0) is 13.8. The van der Waals surface area contributed by atoms with Crippen LogP contribution in [-0.2, 0) is 0 Å². The summed E-state index contributed by atoms with van der Waals surface area (Å²) in [6, 6.07) is 5.61. The number of aromatic nitrogens is 1. The molecule has 98 valence electrons. The highest BCUT2D eigenvalue weighted by Gasteiger charge is 2.13. The lowest BCUT2D eigenvalue weighted by atomic mass is 10.0. The second kappa shape index (κ2) is 5.48. The molecule has 0 bridgehead atoms. The third-order valence-electron chi connectivity index (χ3n) is 2.63. The lowest BCUT2D eigenvalue weighted by Crippen LogP contribution is -2.03. The van der Waals surface area contributed by atoms with Crippen LogP contribution in [0.1, 0.15) is 15.9 Å². The first kappa shape index (κ1) is 13.0. The minimum absolute atomic E-state index is 0.0975. The van der Waals surface area contributed by atoms with Gasteiger partial charge in [0, 0.05) is 17.3 Å². The fourth-order valence-corrected chi connectivity index (χ4v) is 1.63. The number of benzene rings is 1. The highest BCUT2D eigenvalue weighted by Crippen LogP contribution is 2.20. The first-order chi connectivity index (χ1) is 9.15. The van der Waals surface area contributed by atoms with E-state index in [1.807, 2.05) is 0 Å². The highest BCUT2D eigenvalue weighted by molar-refractivity contribution is 6.09. The van der Waals surface area contributed by atoms with Gasteiger partial charge in [0.15, 0.2) is 17.3 Å². The molecule has 4 nitrogen and oxygen atoms in total. The Labute approximate surface area is 109 Å². The van der Waals surface area contributed by atoms with Crippen molar-refractivity contribution in [1.82, 2.24) is 4.98 Å². The van der Waals surface area contributed by atoms with Gasteiger partial charge in [0.1, 0.15) is 5.75 Å². The molecule has 0 aliphatic carbocycles. The van der Waals surface area contributed by atoms with E-state index in [1.165, 1.54) is 38.7 Å². The molecule has 1 aromatic heterocycles. The molecule has 5 heteroatoms. The number of hydrogen-bond donors (Lipinski definition) is 0. The van der Waals surface area contributed by atoms with E-state index < -0.39 is 5.82 Å². The molecule has 0 fully saturated rings. The van der Waals surface area contributed by atoms with Crippen molar-refractivity contribution in [2.75, 3.05) is 14.2 Å². The maximum absolute atomic E-state index is 13.6. The van der Waals surface area contributed by atoms with Crippen LogP contribution in [0.15, 0.2) is 36.7 Å². The Bertz CT molecular complexity index is 613. The van der Waals surface area contributed by atoms with Gasteiger partial charge in [0.25, 0.3) is 0 Å². The molecule has 2 rings (SSSR count). The maximum Gasteiger partial charge on any atom is 0.194 e. The fraction of sp³-hybridized carbons (Fsp3) is 0.143. The van der Waals surface area contributed by atoms with Crippen molar-refractivity contribution < 1.29 is 18.7 Å². The molecule has 0 aliphatic heterocycles. The SMILES string of the molecule is COc1cncc(C(=O)c2ccc(OC)c(F)c2)c1. The van der Waals surface area contributed by atoms with Crippen LogP contribution in [0.5, 0.6) is 11.5 Å². The predicted molar refractivity (Wildman–Crippen MR) is 67.2 cm³/mol. The summed E-state index contributed by atoms with van der Waals surface area (Å²) in [5, 5.41) is 0. The largest absolute Gasteiger partial charge is 0.495 e. The van der Waals surface area contributed by atoms with Crippen LogP contribution in [0.2, 0.25) is 0 Å². The van der Waals surface area contributed by atoms with Crippen molar-refractivity contribution in [3.63, 3.8) is 0 Å². The first-order valence-corrected chi connectivity index (χ1v) is 5.53. The van der Waals surface area contributed by atoms with Crippen molar-refractivity contribution in [2.24, 2.45) is 0 Å². The number of rotatable bonds is 4. The van der Waals surface area contributed by atoms with E-state index in [0.29, 0.717) is 11.3 Å². The molecule has 1 aromatic carbocycles. The molecular formula is C14H12FNO3. The van der Waals surface area contributed by atoms with E-state index in [4.69, 9.17) is 9.47 Å². The van der Waals surface area contributed by atoms with E-state index in [1.54, 1.807) is 6.07 Å². The van der Waals surface area contributed by atoms with Crippen molar-refractivity contribution in [2.45, 2.75) is 0 Å². The number of nitrogens with zero attached hydrogens (tertiary/aromatic N) is 1. The monoisotopic (exact) mass is 261 g/mol. The highest BCUT2D eigenvalue weighted by atomic mass is 19.1. The summed E-state index contributed by atoms with van der Waals surface area (Å²) in [7, 11) is 2.85. The van der Waals surface area contributed by atoms with Gasteiger partial charge >= 0.3 is 0 Å². The minimum Gasteiger partial charge on any atom is -0.495 e. The quantitative estimate of drug-likeness (QED) is 0.793. The van der Waals surface area contributed by atoms with Gasteiger partial charge < -0.3 is 9.47 Å². The summed E-state index contributed by atoms with van der Waals surface area (Å²) in [5.74, 6) is -0.336. The molecule has 0 amide bonds. The molecule has 0 saturated heterocycles. The van der Waals surface area contributed by atoms with E-state index in [2.05, 4.69) is 4.98 Å². The Hall–Kier alpha value is -2.43. The number of methoxy groups -OCH3 is 2. The van der Waals surface area contributed by atoms with E-state index in [9.17, 15) is 9.18 Å². The molecule has 0 unspecified atom stereocenters. The number of halogens is 1. The third-order valence-corrected chi connectivity index (χ3v) is 2.63. The number of ketones is 1. The second-order valence-electron chi connectivity index (χ2n) is 3.79.